The fraction of sp³-hybridized carbons (Fsp3) is 0.360. The molecule has 33 heavy (non-hydrogen) atoms. The SMILES string of the molecule is c1ccc2c(c1)CCC21COCc2nc3ccc(-c4cnc(N5CCOCC5)nc4)nc3n21. The summed E-state index contributed by atoms with van der Waals surface area (Å²) in [5.41, 5.74) is 6.02. The molecule has 1 saturated heterocycles. The molecule has 0 bridgehead atoms. The van der Waals surface area contributed by atoms with Gasteiger partial charge in [-0.1, -0.05) is 24.3 Å². The second-order valence-electron chi connectivity index (χ2n) is 8.96. The van der Waals surface area contributed by atoms with Crippen LogP contribution in [0.4, 0.5) is 5.95 Å². The molecule has 166 valence electrons. The number of aryl methyl sites for hydroxylation is 1. The number of hydrogen-bond acceptors (Lipinski definition) is 7. The normalized spacial score (nSPS) is 22.0. The van der Waals surface area contributed by atoms with Gasteiger partial charge in [-0.25, -0.2) is 19.9 Å². The van der Waals surface area contributed by atoms with Gasteiger partial charge in [0.05, 0.1) is 31.1 Å². The van der Waals surface area contributed by atoms with E-state index >= 15 is 0 Å². The second kappa shape index (κ2) is 7.33. The highest BCUT2D eigenvalue weighted by atomic mass is 16.5. The predicted octanol–water partition coefficient (Wildman–Crippen LogP) is 2.94. The third-order valence-electron chi connectivity index (χ3n) is 7.13. The van der Waals surface area contributed by atoms with Gasteiger partial charge in [0.1, 0.15) is 17.9 Å². The van der Waals surface area contributed by atoms with Crippen LogP contribution in [0.1, 0.15) is 23.4 Å². The number of anilines is 1. The lowest BCUT2D eigenvalue weighted by Crippen LogP contribution is -2.42. The molecule has 5 heterocycles. The van der Waals surface area contributed by atoms with Crippen LogP contribution in [0.2, 0.25) is 0 Å². The number of imidazole rings is 1. The molecular formula is C25H24N6O2. The van der Waals surface area contributed by atoms with Gasteiger partial charge in [0.2, 0.25) is 5.95 Å². The van der Waals surface area contributed by atoms with Crippen molar-refractivity contribution in [1.82, 2.24) is 24.5 Å². The zero-order valence-corrected chi connectivity index (χ0v) is 18.3. The third kappa shape index (κ3) is 2.91. The van der Waals surface area contributed by atoms with Gasteiger partial charge in [-0.05, 0) is 36.1 Å². The van der Waals surface area contributed by atoms with E-state index < -0.39 is 0 Å². The Morgan fingerprint density at radius 1 is 0.909 bits per heavy atom. The molecule has 1 unspecified atom stereocenters. The molecule has 1 spiro atoms. The number of pyridine rings is 1. The smallest absolute Gasteiger partial charge is 0.225 e. The molecule has 8 nitrogen and oxygen atoms in total. The molecule has 1 aliphatic carbocycles. The summed E-state index contributed by atoms with van der Waals surface area (Å²) in [5, 5.41) is 0. The number of aromatic nitrogens is 5. The Morgan fingerprint density at radius 3 is 2.64 bits per heavy atom. The van der Waals surface area contributed by atoms with Crippen molar-refractivity contribution in [2.45, 2.75) is 25.0 Å². The Kier molecular flexibility index (Phi) is 4.25. The molecule has 0 N–H and O–H groups in total. The zero-order valence-electron chi connectivity index (χ0n) is 18.3. The van der Waals surface area contributed by atoms with Gasteiger partial charge in [0.25, 0.3) is 0 Å². The van der Waals surface area contributed by atoms with Gasteiger partial charge in [-0.3, -0.25) is 4.57 Å². The molecular weight excluding hydrogens is 416 g/mol. The van der Waals surface area contributed by atoms with E-state index in [2.05, 4.69) is 43.7 Å². The van der Waals surface area contributed by atoms with E-state index in [4.69, 9.17) is 19.4 Å². The van der Waals surface area contributed by atoms with Crippen molar-refractivity contribution >= 4 is 17.1 Å². The summed E-state index contributed by atoms with van der Waals surface area (Å²) in [5.74, 6) is 1.68. The van der Waals surface area contributed by atoms with Crippen LogP contribution in [-0.4, -0.2) is 57.4 Å². The molecule has 2 aliphatic heterocycles. The molecule has 0 saturated carbocycles. The Hall–Kier alpha value is -3.36. The van der Waals surface area contributed by atoms with Crippen LogP contribution in [-0.2, 0) is 28.0 Å². The van der Waals surface area contributed by atoms with Gasteiger partial charge < -0.3 is 14.4 Å². The number of nitrogens with zero attached hydrogens (tertiary/aromatic N) is 6. The number of hydrogen-bond donors (Lipinski definition) is 0. The summed E-state index contributed by atoms with van der Waals surface area (Å²) < 4.78 is 13.8. The minimum atomic E-state index is -0.249. The highest BCUT2D eigenvalue weighted by molar-refractivity contribution is 5.77. The van der Waals surface area contributed by atoms with Crippen molar-refractivity contribution in [2.24, 2.45) is 0 Å². The standard InChI is InChI=1S/C25H24N6O2/c1-2-4-19-17(3-1)7-8-25(19)16-33-15-22-28-21-6-5-20(29-23(21)31(22)25)18-13-26-24(27-14-18)30-9-11-32-12-10-30/h1-6,13-14H,7-12,15-16H2. The minimum Gasteiger partial charge on any atom is -0.378 e. The highest BCUT2D eigenvalue weighted by Crippen LogP contribution is 2.45. The van der Waals surface area contributed by atoms with Crippen molar-refractivity contribution in [2.75, 3.05) is 37.8 Å². The van der Waals surface area contributed by atoms with Gasteiger partial charge in [0, 0.05) is 31.0 Å². The van der Waals surface area contributed by atoms with E-state index in [-0.39, 0.29) is 5.54 Å². The molecule has 0 amide bonds. The maximum absolute atomic E-state index is 6.06. The van der Waals surface area contributed by atoms with Crippen molar-refractivity contribution < 1.29 is 9.47 Å². The van der Waals surface area contributed by atoms with E-state index in [1.165, 1.54) is 11.1 Å². The van der Waals surface area contributed by atoms with Crippen LogP contribution >= 0.6 is 0 Å². The number of benzene rings is 1. The second-order valence-corrected chi connectivity index (χ2v) is 8.96. The largest absolute Gasteiger partial charge is 0.378 e. The molecule has 1 aromatic carbocycles. The molecule has 7 rings (SSSR count). The van der Waals surface area contributed by atoms with Crippen molar-refractivity contribution in [3.63, 3.8) is 0 Å². The fourth-order valence-electron chi connectivity index (χ4n) is 5.52. The maximum atomic E-state index is 6.06. The number of rotatable bonds is 2. The Morgan fingerprint density at radius 2 is 1.76 bits per heavy atom. The van der Waals surface area contributed by atoms with Crippen LogP contribution in [0.25, 0.3) is 22.4 Å². The average Bonchev–Trinajstić information content (AvgIpc) is 3.44. The first-order valence-corrected chi connectivity index (χ1v) is 11.5. The monoisotopic (exact) mass is 440 g/mol. The van der Waals surface area contributed by atoms with Gasteiger partial charge in [-0.15, -0.1) is 0 Å². The number of morpholine rings is 1. The summed E-state index contributed by atoms with van der Waals surface area (Å²) in [4.78, 5) is 21.3. The minimum absolute atomic E-state index is 0.249. The van der Waals surface area contributed by atoms with Crippen LogP contribution in [0.5, 0.6) is 0 Å². The van der Waals surface area contributed by atoms with Crippen LogP contribution in [0, 0.1) is 0 Å². The van der Waals surface area contributed by atoms with Crippen molar-refractivity contribution in [1.29, 1.82) is 0 Å². The predicted molar refractivity (Wildman–Crippen MR) is 123 cm³/mol. The summed E-state index contributed by atoms with van der Waals surface area (Å²) in [6, 6.07) is 12.7. The van der Waals surface area contributed by atoms with Crippen LogP contribution in [0.15, 0.2) is 48.8 Å². The average molecular weight is 441 g/mol. The topological polar surface area (TPSA) is 78.2 Å². The highest BCUT2D eigenvalue weighted by Gasteiger charge is 2.45. The van der Waals surface area contributed by atoms with Crippen molar-refractivity contribution in [3.05, 3.63) is 65.7 Å². The first kappa shape index (κ1) is 19.1. The molecule has 3 aromatic heterocycles. The van der Waals surface area contributed by atoms with E-state index in [0.29, 0.717) is 26.4 Å². The summed E-state index contributed by atoms with van der Waals surface area (Å²) in [7, 11) is 0. The summed E-state index contributed by atoms with van der Waals surface area (Å²) >= 11 is 0. The van der Waals surface area contributed by atoms with Gasteiger partial charge in [0.15, 0.2) is 5.65 Å². The maximum Gasteiger partial charge on any atom is 0.225 e. The Labute approximate surface area is 191 Å². The lowest BCUT2D eigenvalue weighted by atomic mass is 9.91. The van der Waals surface area contributed by atoms with E-state index in [0.717, 1.165) is 60.1 Å². The first-order valence-electron chi connectivity index (χ1n) is 11.5. The van der Waals surface area contributed by atoms with E-state index in [1.807, 2.05) is 24.5 Å². The zero-order chi connectivity index (χ0) is 21.8. The van der Waals surface area contributed by atoms with Crippen LogP contribution in [0.3, 0.4) is 0 Å². The first-order chi connectivity index (χ1) is 16.3. The molecule has 4 aromatic rings. The fourth-order valence-corrected chi connectivity index (χ4v) is 5.52. The molecule has 3 aliphatic rings. The molecule has 1 fully saturated rings. The van der Waals surface area contributed by atoms with Crippen molar-refractivity contribution in [3.8, 4) is 11.3 Å². The number of fused-ring (bicyclic) bond motifs is 6. The Balaban J connectivity index is 1.32. The summed E-state index contributed by atoms with van der Waals surface area (Å²) in [6.45, 7) is 4.21. The molecule has 8 heteroatoms. The van der Waals surface area contributed by atoms with Gasteiger partial charge in [-0.2, -0.15) is 0 Å². The quantitative estimate of drug-likeness (QED) is 0.474. The third-order valence-corrected chi connectivity index (χ3v) is 7.13. The van der Waals surface area contributed by atoms with E-state index in [1.54, 1.807) is 0 Å². The molecule has 0 radical (unpaired) electrons. The van der Waals surface area contributed by atoms with Crippen LogP contribution < -0.4 is 4.90 Å². The lowest BCUT2D eigenvalue weighted by Gasteiger charge is -2.37. The lowest BCUT2D eigenvalue weighted by molar-refractivity contribution is 0.0225. The number of ether oxygens (including phenoxy) is 2. The van der Waals surface area contributed by atoms with E-state index in [9.17, 15) is 0 Å². The molecule has 1 atom stereocenters. The summed E-state index contributed by atoms with van der Waals surface area (Å²) in [6.07, 6.45) is 5.76. The van der Waals surface area contributed by atoms with Gasteiger partial charge >= 0.3 is 0 Å². The Bertz CT molecular complexity index is 1350.